The highest BCUT2D eigenvalue weighted by molar-refractivity contribution is 7.85. The maximum absolute atomic E-state index is 11.8. The van der Waals surface area contributed by atoms with Gasteiger partial charge < -0.3 is 20.4 Å². The smallest absolute Gasteiger partial charge is 0.326 e. The molecular formula is C10H16N2O6S. The summed E-state index contributed by atoms with van der Waals surface area (Å²) >= 11 is 0. The molecule has 1 rings (SSSR count). The lowest BCUT2D eigenvalue weighted by atomic mass is 10.1. The molecule has 0 unspecified atom stereocenters. The Morgan fingerprint density at radius 2 is 1.79 bits per heavy atom. The van der Waals surface area contributed by atoms with Crippen molar-refractivity contribution in [2.45, 2.75) is 18.9 Å². The van der Waals surface area contributed by atoms with E-state index in [1.807, 2.05) is 0 Å². The van der Waals surface area contributed by atoms with Crippen molar-refractivity contribution in [2.24, 2.45) is 0 Å². The highest BCUT2D eigenvalue weighted by atomic mass is 32.2. The van der Waals surface area contributed by atoms with Crippen LogP contribution in [-0.4, -0.2) is 67.9 Å². The molecule has 0 bridgehead atoms. The van der Waals surface area contributed by atoms with Crippen LogP contribution in [0, 0.1) is 0 Å². The van der Waals surface area contributed by atoms with E-state index < -0.39 is 34.8 Å². The molecular weight excluding hydrogens is 276 g/mol. The number of aliphatic carboxylic acids is 2. The van der Waals surface area contributed by atoms with Gasteiger partial charge in [0.2, 0.25) is 0 Å². The number of carbonyl (C=O) groups is 3. The summed E-state index contributed by atoms with van der Waals surface area (Å²) in [5.41, 5.74) is 0. The van der Waals surface area contributed by atoms with E-state index in [2.05, 4.69) is 5.32 Å². The number of hydrogen-bond donors (Lipinski definition) is 3. The third-order valence-electron chi connectivity index (χ3n) is 2.71. The largest absolute Gasteiger partial charge is 0.481 e. The quantitative estimate of drug-likeness (QED) is 0.602. The van der Waals surface area contributed by atoms with Crippen LogP contribution in [0.25, 0.3) is 0 Å². The Morgan fingerprint density at radius 1 is 1.21 bits per heavy atom. The summed E-state index contributed by atoms with van der Waals surface area (Å²) in [6, 6.07) is -1.79. The van der Waals surface area contributed by atoms with Crippen molar-refractivity contribution in [3.8, 4) is 0 Å². The molecule has 1 aliphatic rings. The first-order valence-electron chi connectivity index (χ1n) is 5.75. The lowest BCUT2D eigenvalue weighted by molar-refractivity contribution is -0.140. The van der Waals surface area contributed by atoms with E-state index in [1.165, 1.54) is 4.90 Å². The van der Waals surface area contributed by atoms with Gasteiger partial charge in [0.25, 0.3) is 0 Å². The molecule has 1 fully saturated rings. The molecule has 0 aromatic rings. The Morgan fingerprint density at radius 3 is 2.26 bits per heavy atom. The van der Waals surface area contributed by atoms with Crippen LogP contribution in [0.4, 0.5) is 4.79 Å². The van der Waals surface area contributed by atoms with E-state index in [-0.39, 0.29) is 12.8 Å². The number of rotatable bonds is 5. The summed E-state index contributed by atoms with van der Waals surface area (Å²) in [5.74, 6) is -1.63. The molecule has 1 atom stereocenters. The van der Waals surface area contributed by atoms with Crippen LogP contribution < -0.4 is 5.32 Å². The molecule has 0 aliphatic carbocycles. The van der Waals surface area contributed by atoms with E-state index in [0.717, 1.165) is 0 Å². The number of carbonyl (C=O) groups excluding carboxylic acids is 1. The third kappa shape index (κ3) is 5.25. The van der Waals surface area contributed by atoms with Gasteiger partial charge in [0.1, 0.15) is 6.04 Å². The average Bonchev–Trinajstić information content (AvgIpc) is 2.34. The fraction of sp³-hybridized carbons (Fsp3) is 0.700. The topological polar surface area (TPSA) is 124 Å². The summed E-state index contributed by atoms with van der Waals surface area (Å²) in [7, 11) is -0.924. The fourth-order valence-corrected chi connectivity index (χ4v) is 2.66. The van der Waals surface area contributed by atoms with Gasteiger partial charge in [-0.25, -0.2) is 9.59 Å². The molecule has 0 aromatic carbocycles. The van der Waals surface area contributed by atoms with Crippen molar-refractivity contribution in [1.82, 2.24) is 10.2 Å². The zero-order valence-electron chi connectivity index (χ0n) is 10.2. The Bertz CT molecular complexity index is 389. The van der Waals surface area contributed by atoms with Gasteiger partial charge in [0.15, 0.2) is 0 Å². The van der Waals surface area contributed by atoms with Gasteiger partial charge >= 0.3 is 18.0 Å². The van der Waals surface area contributed by atoms with E-state index >= 15 is 0 Å². The zero-order valence-corrected chi connectivity index (χ0v) is 11.0. The van der Waals surface area contributed by atoms with E-state index in [0.29, 0.717) is 24.6 Å². The first kappa shape index (κ1) is 15.4. The minimum atomic E-state index is -1.27. The lowest BCUT2D eigenvalue weighted by Gasteiger charge is -2.27. The van der Waals surface area contributed by atoms with Crippen molar-refractivity contribution in [1.29, 1.82) is 0 Å². The van der Waals surface area contributed by atoms with E-state index in [4.69, 9.17) is 10.2 Å². The Balaban J connectivity index is 2.49. The molecule has 0 saturated carbocycles. The zero-order chi connectivity index (χ0) is 14.4. The molecule has 0 aromatic heterocycles. The van der Waals surface area contributed by atoms with Crippen LogP contribution in [-0.2, 0) is 20.4 Å². The highest BCUT2D eigenvalue weighted by Gasteiger charge is 2.25. The molecule has 0 spiro atoms. The molecule has 9 heteroatoms. The molecule has 2 amide bonds. The number of carboxylic acids is 2. The summed E-state index contributed by atoms with van der Waals surface area (Å²) < 4.78 is 11.1. The number of carboxylic acid groups (broad SMARTS) is 2. The predicted molar refractivity (Wildman–Crippen MR) is 66.3 cm³/mol. The number of nitrogens with one attached hydrogen (secondary N) is 1. The first-order valence-corrected chi connectivity index (χ1v) is 7.24. The molecule has 1 heterocycles. The lowest BCUT2D eigenvalue weighted by Crippen LogP contribution is -2.51. The number of hydrogen-bond acceptors (Lipinski definition) is 4. The van der Waals surface area contributed by atoms with Crippen molar-refractivity contribution in [3.05, 3.63) is 0 Å². The van der Waals surface area contributed by atoms with Gasteiger partial charge in [-0.1, -0.05) is 0 Å². The molecule has 19 heavy (non-hydrogen) atoms. The summed E-state index contributed by atoms with van der Waals surface area (Å²) in [5, 5.41) is 19.7. The molecule has 8 nitrogen and oxygen atoms in total. The van der Waals surface area contributed by atoms with Crippen molar-refractivity contribution < 1.29 is 28.8 Å². The summed E-state index contributed by atoms with van der Waals surface area (Å²) in [4.78, 5) is 34.5. The molecule has 0 radical (unpaired) electrons. The average molecular weight is 292 g/mol. The SMILES string of the molecule is O=C(O)CC[C@H](NC(=O)N1CCS(=O)CC1)C(=O)O. The van der Waals surface area contributed by atoms with Crippen molar-refractivity contribution in [2.75, 3.05) is 24.6 Å². The van der Waals surface area contributed by atoms with Crippen LogP contribution in [0.2, 0.25) is 0 Å². The maximum atomic E-state index is 11.8. The van der Waals surface area contributed by atoms with Gasteiger partial charge in [-0.05, 0) is 6.42 Å². The van der Waals surface area contributed by atoms with Crippen LogP contribution in [0.5, 0.6) is 0 Å². The monoisotopic (exact) mass is 292 g/mol. The molecule has 3 N–H and O–H groups in total. The predicted octanol–water partition coefficient (Wildman–Crippen LogP) is -0.922. The van der Waals surface area contributed by atoms with Crippen molar-refractivity contribution >= 4 is 28.8 Å². The second-order valence-corrected chi connectivity index (χ2v) is 5.80. The van der Waals surface area contributed by atoms with Crippen LogP contribution in [0.3, 0.4) is 0 Å². The number of urea groups is 1. The van der Waals surface area contributed by atoms with E-state index in [9.17, 15) is 18.6 Å². The van der Waals surface area contributed by atoms with Crippen LogP contribution in [0.1, 0.15) is 12.8 Å². The molecule has 1 aliphatic heterocycles. The first-order chi connectivity index (χ1) is 8.90. The fourth-order valence-electron chi connectivity index (χ4n) is 1.61. The van der Waals surface area contributed by atoms with Crippen LogP contribution >= 0.6 is 0 Å². The Hall–Kier alpha value is -1.64. The normalized spacial score (nSPS) is 17.8. The summed E-state index contributed by atoms with van der Waals surface area (Å²) in [6.45, 7) is 0.618. The van der Waals surface area contributed by atoms with Gasteiger partial charge in [-0.15, -0.1) is 0 Å². The van der Waals surface area contributed by atoms with Gasteiger partial charge in [0, 0.05) is 41.8 Å². The molecule has 1 saturated heterocycles. The highest BCUT2D eigenvalue weighted by Crippen LogP contribution is 2.03. The third-order valence-corrected chi connectivity index (χ3v) is 3.98. The minimum Gasteiger partial charge on any atom is -0.481 e. The Labute approximate surface area is 112 Å². The second-order valence-electron chi connectivity index (χ2n) is 4.11. The molecule has 108 valence electrons. The van der Waals surface area contributed by atoms with Gasteiger partial charge in [0.05, 0.1) is 0 Å². The number of nitrogens with zero attached hydrogens (tertiary/aromatic N) is 1. The number of amides is 2. The summed E-state index contributed by atoms with van der Waals surface area (Å²) in [6.07, 6.45) is -0.503. The van der Waals surface area contributed by atoms with Gasteiger partial charge in [-0.2, -0.15) is 0 Å². The standard InChI is InChI=1S/C10H16N2O6S/c13-8(14)2-1-7(9(15)16)11-10(17)12-3-5-19(18)6-4-12/h7H,1-6H2,(H,11,17)(H,13,14)(H,15,16)/t7-/m0/s1. The second kappa shape index (κ2) is 7.07. The van der Waals surface area contributed by atoms with Crippen molar-refractivity contribution in [3.63, 3.8) is 0 Å². The minimum absolute atomic E-state index is 0.170. The van der Waals surface area contributed by atoms with E-state index in [1.54, 1.807) is 0 Å². The van der Waals surface area contributed by atoms with Gasteiger partial charge in [-0.3, -0.25) is 9.00 Å². The Kier molecular flexibility index (Phi) is 5.74. The maximum Gasteiger partial charge on any atom is 0.326 e. The van der Waals surface area contributed by atoms with Crippen LogP contribution in [0.15, 0.2) is 0 Å².